The third-order valence-electron chi connectivity index (χ3n) is 5.50. The molecule has 2 aliphatic rings. The number of rotatable bonds is 3. The molecule has 0 N–H and O–H groups in total. The van der Waals surface area contributed by atoms with Crippen molar-refractivity contribution in [2.24, 2.45) is 23.7 Å². The summed E-state index contributed by atoms with van der Waals surface area (Å²) in [4.78, 5) is 11.7. The number of para-hydroxylation sites is 1. The van der Waals surface area contributed by atoms with E-state index in [-0.39, 0.29) is 12.1 Å². The van der Waals surface area contributed by atoms with Gasteiger partial charge in [-0.1, -0.05) is 50.6 Å². The Bertz CT molecular complexity index is 619. The maximum atomic E-state index is 11.7. The SMILES string of the molecule is CCC(=O)Oc1ccccc1[C@H]1OC[C@@H]2[C@H](C)[C@@H]1C(C)=C[C@@H]2C. The highest BCUT2D eigenvalue weighted by Gasteiger charge is 2.44. The van der Waals surface area contributed by atoms with Gasteiger partial charge in [-0.25, -0.2) is 0 Å². The van der Waals surface area contributed by atoms with Crippen LogP contribution in [0.3, 0.4) is 0 Å². The molecule has 0 aromatic heterocycles. The Morgan fingerprint density at radius 1 is 1.30 bits per heavy atom. The minimum atomic E-state index is -0.205. The van der Waals surface area contributed by atoms with Gasteiger partial charge in [-0.2, -0.15) is 0 Å². The largest absolute Gasteiger partial charge is 0.426 e. The average molecular weight is 314 g/mol. The van der Waals surface area contributed by atoms with E-state index >= 15 is 0 Å². The van der Waals surface area contributed by atoms with Crippen LogP contribution >= 0.6 is 0 Å². The van der Waals surface area contributed by atoms with E-state index in [1.165, 1.54) is 5.57 Å². The minimum Gasteiger partial charge on any atom is -0.426 e. The molecule has 1 saturated heterocycles. The van der Waals surface area contributed by atoms with Gasteiger partial charge in [0.15, 0.2) is 0 Å². The van der Waals surface area contributed by atoms with Crippen LogP contribution in [0.4, 0.5) is 0 Å². The topological polar surface area (TPSA) is 35.5 Å². The van der Waals surface area contributed by atoms with Gasteiger partial charge in [-0.05, 0) is 30.7 Å². The Hall–Kier alpha value is -1.61. The second-order valence-corrected chi connectivity index (χ2v) is 6.94. The Balaban J connectivity index is 1.96. The molecule has 1 aliphatic heterocycles. The molecule has 1 aliphatic carbocycles. The minimum absolute atomic E-state index is 0.0362. The van der Waals surface area contributed by atoms with Crippen molar-refractivity contribution in [2.45, 2.75) is 40.2 Å². The molecule has 3 rings (SSSR count). The first-order chi connectivity index (χ1) is 11.0. The normalized spacial score (nSPS) is 33.0. The molecule has 3 heteroatoms. The molecular formula is C20H26O3. The summed E-state index contributed by atoms with van der Waals surface area (Å²) >= 11 is 0. The number of ether oxygens (including phenoxy) is 2. The lowest BCUT2D eigenvalue weighted by Gasteiger charge is -2.47. The molecule has 0 spiro atoms. The molecular weight excluding hydrogens is 288 g/mol. The molecule has 124 valence electrons. The second-order valence-electron chi connectivity index (χ2n) is 6.94. The van der Waals surface area contributed by atoms with E-state index in [4.69, 9.17) is 9.47 Å². The number of hydrogen-bond donors (Lipinski definition) is 0. The number of esters is 1. The van der Waals surface area contributed by atoms with Crippen molar-refractivity contribution < 1.29 is 14.3 Å². The number of allylic oxidation sites excluding steroid dienone is 1. The van der Waals surface area contributed by atoms with Gasteiger partial charge in [-0.3, -0.25) is 4.79 Å². The van der Waals surface area contributed by atoms with E-state index in [0.29, 0.717) is 35.8 Å². The zero-order valence-electron chi connectivity index (χ0n) is 14.4. The van der Waals surface area contributed by atoms with Crippen molar-refractivity contribution >= 4 is 5.97 Å². The summed E-state index contributed by atoms with van der Waals surface area (Å²) in [7, 11) is 0. The van der Waals surface area contributed by atoms with E-state index in [0.717, 1.165) is 12.2 Å². The number of fused-ring (bicyclic) bond motifs is 2. The van der Waals surface area contributed by atoms with Gasteiger partial charge in [-0.15, -0.1) is 0 Å². The van der Waals surface area contributed by atoms with Crippen LogP contribution in [0.25, 0.3) is 0 Å². The summed E-state index contributed by atoms with van der Waals surface area (Å²) in [5, 5.41) is 0. The van der Waals surface area contributed by atoms with Crippen molar-refractivity contribution in [3.05, 3.63) is 41.5 Å². The third-order valence-corrected chi connectivity index (χ3v) is 5.50. The standard InChI is InChI=1S/C20H26O3/c1-5-18(21)23-17-9-7-6-8-15(17)20-19-13(3)10-12(2)16(11-22-20)14(19)4/h6-10,12,14,16,19-20H,5,11H2,1-4H3/t12-,14-,16-,19-,20+/m0/s1. The van der Waals surface area contributed by atoms with Crippen LogP contribution in [0.1, 0.15) is 45.8 Å². The van der Waals surface area contributed by atoms with E-state index in [1.807, 2.05) is 31.2 Å². The fourth-order valence-electron chi connectivity index (χ4n) is 4.23. The first-order valence-corrected chi connectivity index (χ1v) is 8.62. The molecule has 3 nitrogen and oxygen atoms in total. The lowest BCUT2D eigenvalue weighted by Crippen LogP contribution is -2.42. The number of hydrogen-bond acceptors (Lipinski definition) is 3. The average Bonchev–Trinajstić information content (AvgIpc) is 2.53. The van der Waals surface area contributed by atoms with Gasteiger partial charge in [0.25, 0.3) is 0 Å². The summed E-state index contributed by atoms with van der Waals surface area (Å²) in [6, 6.07) is 7.79. The van der Waals surface area contributed by atoms with Crippen molar-refractivity contribution in [3.63, 3.8) is 0 Å². The molecule has 1 aromatic rings. The fourth-order valence-corrected chi connectivity index (χ4v) is 4.23. The maximum Gasteiger partial charge on any atom is 0.310 e. The quantitative estimate of drug-likeness (QED) is 0.467. The predicted molar refractivity (Wildman–Crippen MR) is 90.1 cm³/mol. The summed E-state index contributed by atoms with van der Waals surface area (Å²) in [6.45, 7) is 9.39. The first kappa shape index (κ1) is 16.3. The number of carbonyl (C=O) groups excluding carboxylic acids is 1. The summed E-state index contributed by atoms with van der Waals surface area (Å²) in [6.07, 6.45) is 2.73. The van der Waals surface area contributed by atoms with Gasteiger partial charge >= 0.3 is 5.97 Å². The molecule has 1 heterocycles. The Kier molecular flexibility index (Phi) is 4.58. The van der Waals surface area contributed by atoms with Crippen LogP contribution in [0.5, 0.6) is 5.75 Å². The molecule has 0 amide bonds. The summed E-state index contributed by atoms with van der Waals surface area (Å²) in [5.41, 5.74) is 2.38. The molecule has 1 fully saturated rings. The summed E-state index contributed by atoms with van der Waals surface area (Å²) < 4.78 is 11.8. The molecule has 2 bridgehead atoms. The molecule has 0 radical (unpaired) electrons. The summed E-state index contributed by atoms with van der Waals surface area (Å²) in [5.74, 6) is 2.50. The lowest BCUT2D eigenvalue weighted by molar-refractivity contribution is -0.134. The monoisotopic (exact) mass is 314 g/mol. The van der Waals surface area contributed by atoms with E-state index < -0.39 is 0 Å². The van der Waals surface area contributed by atoms with Crippen LogP contribution in [0.2, 0.25) is 0 Å². The Morgan fingerprint density at radius 3 is 2.78 bits per heavy atom. The van der Waals surface area contributed by atoms with Gasteiger partial charge in [0.1, 0.15) is 5.75 Å². The molecule has 0 saturated carbocycles. The van der Waals surface area contributed by atoms with Crippen LogP contribution < -0.4 is 4.74 Å². The lowest BCUT2D eigenvalue weighted by atomic mass is 9.64. The van der Waals surface area contributed by atoms with Crippen LogP contribution in [0.15, 0.2) is 35.9 Å². The number of benzene rings is 1. The fraction of sp³-hybridized carbons (Fsp3) is 0.550. The van der Waals surface area contributed by atoms with Crippen molar-refractivity contribution in [1.29, 1.82) is 0 Å². The van der Waals surface area contributed by atoms with E-state index in [1.54, 1.807) is 0 Å². The van der Waals surface area contributed by atoms with Crippen molar-refractivity contribution in [3.8, 4) is 5.75 Å². The zero-order valence-corrected chi connectivity index (χ0v) is 14.4. The van der Waals surface area contributed by atoms with Gasteiger partial charge in [0.05, 0.1) is 12.7 Å². The smallest absolute Gasteiger partial charge is 0.310 e. The van der Waals surface area contributed by atoms with E-state index in [2.05, 4.69) is 26.8 Å². The van der Waals surface area contributed by atoms with Gasteiger partial charge < -0.3 is 9.47 Å². The highest BCUT2D eigenvalue weighted by atomic mass is 16.5. The predicted octanol–water partition coefficient (Wildman–Crippen LogP) is 4.54. The third kappa shape index (κ3) is 2.94. The first-order valence-electron chi connectivity index (χ1n) is 8.62. The molecule has 5 atom stereocenters. The van der Waals surface area contributed by atoms with E-state index in [9.17, 15) is 4.79 Å². The Labute approximate surface area is 138 Å². The second kappa shape index (κ2) is 6.48. The van der Waals surface area contributed by atoms with Gasteiger partial charge in [0.2, 0.25) is 0 Å². The van der Waals surface area contributed by atoms with Crippen molar-refractivity contribution in [2.75, 3.05) is 6.61 Å². The maximum absolute atomic E-state index is 11.7. The number of carbonyl (C=O) groups is 1. The highest BCUT2D eigenvalue weighted by molar-refractivity contribution is 5.72. The van der Waals surface area contributed by atoms with Gasteiger partial charge in [0, 0.05) is 17.9 Å². The van der Waals surface area contributed by atoms with Crippen LogP contribution in [0, 0.1) is 23.7 Å². The van der Waals surface area contributed by atoms with Crippen LogP contribution in [-0.2, 0) is 9.53 Å². The Morgan fingerprint density at radius 2 is 2.04 bits per heavy atom. The zero-order chi connectivity index (χ0) is 16.6. The van der Waals surface area contributed by atoms with Crippen molar-refractivity contribution in [1.82, 2.24) is 0 Å². The molecule has 23 heavy (non-hydrogen) atoms. The molecule has 0 unspecified atom stereocenters. The molecule has 1 aromatic carbocycles. The highest BCUT2D eigenvalue weighted by Crippen LogP contribution is 2.50. The van der Waals surface area contributed by atoms with Crippen LogP contribution in [-0.4, -0.2) is 12.6 Å².